The van der Waals surface area contributed by atoms with Gasteiger partial charge >= 0.3 is 5.97 Å². The van der Waals surface area contributed by atoms with Crippen molar-refractivity contribution in [2.24, 2.45) is 5.73 Å². The number of benzene rings is 1. The maximum absolute atomic E-state index is 14.5. The van der Waals surface area contributed by atoms with Gasteiger partial charge in [0.2, 0.25) is 65.0 Å². The van der Waals surface area contributed by atoms with Crippen LogP contribution in [0.3, 0.4) is 0 Å². The molecule has 2 aromatic rings. The largest absolute Gasteiger partial charge is 0.481 e. The SMILES string of the molecule is CCNC(=O)[C@@H]1CSCC(=O)N[C@@H](CCCCNC(=O)C(Cc2cn(CC[18F])nn2)NC(C)=O)C(=O)N[C@H]2CSSC[C@H](NC(=O)[C@H](CC(=O)O)NC(=O)CNC(=O)[C@H](CCCNC(=N)N)NC2=O)C(=O)N[C@@H](Cc2ccccc2)C(=O)N1. The Kier molecular flexibility index (Phi) is 29.4. The van der Waals surface area contributed by atoms with E-state index in [0.29, 0.717) is 11.3 Å². The number of carboxylic acid groups (broad SMARTS) is 1. The van der Waals surface area contributed by atoms with E-state index in [1.54, 1.807) is 37.3 Å². The van der Waals surface area contributed by atoms with Gasteiger partial charge in [0.25, 0.3) is 0 Å². The van der Waals surface area contributed by atoms with Crippen LogP contribution in [0.25, 0.3) is 0 Å². The number of rotatable bonds is 21. The van der Waals surface area contributed by atoms with Gasteiger partial charge in [-0.1, -0.05) is 57.1 Å². The van der Waals surface area contributed by atoms with E-state index in [9.17, 15) is 67.0 Å². The normalized spacial score (nSPS) is 22.3. The number of hydrogen-bond donors (Lipinski definition) is 15. The van der Waals surface area contributed by atoms with Gasteiger partial charge in [-0.05, 0) is 44.6 Å². The molecular formula is C49H72FN17O13S3. The summed E-state index contributed by atoms with van der Waals surface area (Å²) in [7, 11) is 1.83. The number of nitrogens with two attached hydrogens (primary N) is 1. The number of aryl methyl sites for hydroxylation is 1. The first kappa shape index (κ1) is 67.8. The molecule has 0 saturated carbocycles. The van der Waals surface area contributed by atoms with Crippen LogP contribution in [0.5, 0.6) is 0 Å². The molecule has 34 heteroatoms. The minimum atomic E-state index is -1.80. The molecule has 2 fully saturated rings. The Balaban J connectivity index is 1.72. The van der Waals surface area contributed by atoms with E-state index < -0.39 is 139 Å². The average Bonchev–Trinajstić information content (AvgIpc) is 4.04. The van der Waals surface area contributed by atoms with Crippen LogP contribution in [-0.4, -0.2) is 201 Å². The Morgan fingerprint density at radius 2 is 1.37 bits per heavy atom. The summed E-state index contributed by atoms with van der Waals surface area (Å²) in [6.07, 6.45) is 0.569. The van der Waals surface area contributed by atoms with Gasteiger partial charge in [-0.3, -0.25) is 62.9 Å². The molecule has 2 saturated heterocycles. The van der Waals surface area contributed by atoms with E-state index in [2.05, 4.69) is 74.1 Å². The lowest BCUT2D eigenvalue weighted by Crippen LogP contribution is -2.60. The summed E-state index contributed by atoms with van der Waals surface area (Å²) in [5.41, 5.74) is 6.31. The molecule has 456 valence electrons. The maximum Gasteiger partial charge on any atom is 0.305 e. The van der Waals surface area contributed by atoms with Crippen molar-refractivity contribution in [1.29, 1.82) is 5.41 Å². The number of nitrogens with one attached hydrogen (secondary N) is 13. The molecule has 0 spiro atoms. The molecule has 11 amide bonds. The first-order valence-corrected chi connectivity index (χ1v) is 30.1. The van der Waals surface area contributed by atoms with Crippen molar-refractivity contribution in [1.82, 2.24) is 78.8 Å². The highest BCUT2D eigenvalue weighted by Crippen LogP contribution is 2.24. The van der Waals surface area contributed by atoms with E-state index >= 15 is 0 Å². The summed E-state index contributed by atoms with van der Waals surface area (Å²) >= 11 is 0.917. The highest BCUT2D eigenvalue weighted by atomic mass is 33.1. The third-order valence-corrected chi connectivity index (χ3v) is 15.6. The Morgan fingerprint density at radius 1 is 0.759 bits per heavy atom. The summed E-state index contributed by atoms with van der Waals surface area (Å²) in [6.45, 7) is 1.50. The molecule has 1 aromatic heterocycles. The molecule has 1 unspecified atom stereocenters. The zero-order chi connectivity index (χ0) is 60.8. The van der Waals surface area contributed by atoms with Crippen molar-refractivity contribution in [3.63, 3.8) is 0 Å². The van der Waals surface area contributed by atoms with Crippen LogP contribution in [0, 0.1) is 5.41 Å². The smallest absolute Gasteiger partial charge is 0.305 e. The molecule has 1 aromatic carbocycles. The quantitative estimate of drug-likeness (QED) is 0.0242. The first-order chi connectivity index (χ1) is 39.6. The molecule has 83 heavy (non-hydrogen) atoms. The van der Waals surface area contributed by atoms with E-state index in [4.69, 9.17) is 11.1 Å². The number of aromatic nitrogens is 3. The van der Waals surface area contributed by atoms with Gasteiger partial charge in [-0.2, -0.15) is 0 Å². The zero-order valence-electron chi connectivity index (χ0n) is 45.7. The van der Waals surface area contributed by atoms with Crippen molar-refractivity contribution in [3.05, 3.63) is 47.8 Å². The van der Waals surface area contributed by atoms with Crippen LogP contribution in [0.4, 0.5) is 4.39 Å². The van der Waals surface area contributed by atoms with Gasteiger partial charge in [-0.15, -0.1) is 16.9 Å². The molecule has 2 aliphatic rings. The van der Waals surface area contributed by atoms with Crippen LogP contribution < -0.4 is 69.5 Å². The molecular weight excluding hydrogens is 1150 g/mol. The third kappa shape index (κ3) is 25.1. The minimum absolute atomic E-state index is 0.0202. The number of carbonyl (C=O) groups is 12. The molecule has 4 rings (SSSR count). The van der Waals surface area contributed by atoms with Gasteiger partial charge in [0.05, 0.1) is 31.0 Å². The van der Waals surface area contributed by atoms with Crippen molar-refractivity contribution in [2.75, 3.05) is 55.9 Å². The predicted octanol–water partition coefficient (Wildman–Crippen LogP) is -4.65. The van der Waals surface area contributed by atoms with Crippen molar-refractivity contribution in [3.8, 4) is 0 Å². The number of carbonyl (C=O) groups excluding carboxylic acids is 11. The monoisotopic (exact) mass is 1220 g/mol. The van der Waals surface area contributed by atoms with Gasteiger partial charge in [0.15, 0.2) is 5.96 Å². The number of aliphatic carboxylic acids is 1. The highest BCUT2D eigenvalue weighted by Gasteiger charge is 2.35. The highest BCUT2D eigenvalue weighted by molar-refractivity contribution is 8.76. The number of thioether (sulfide) groups is 1. The van der Waals surface area contributed by atoms with E-state index in [1.165, 1.54) is 17.8 Å². The number of carboxylic acids is 1. The van der Waals surface area contributed by atoms with Gasteiger partial charge in [0.1, 0.15) is 55.0 Å². The Hall–Kier alpha value is -7.75. The van der Waals surface area contributed by atoms with Crippen molar-refractivity contribution in [2.45, 2.75) is 120 Å². The summed E-state index contributed by atoms with van der Waals surface area (Å²) in [4.78, 5) is 163. The fourth-order valence-electron chi connectivity index (χ4n) is 8.09. The van der Waals surface area contributed by atoms with Crippen LogP contribution in [0.1, 0.15) is 63.6 Å². The molecule has 0 aliphatic carbocycles. The number of halogens is 1. The zero-order valence-corrected chi connectivity index (χ0v) is 48.1. The van der Waals surface area contributed by atoms with Gasteiger partial charge in [0, 0.05) is 62.9 Å². The second-order valence-corrected chi connectivity index (χ2v) is 22.5. The van der Waals surface area contributed by atoms with Crippen LogP contribution in [0.15, 0.2) is 36.5 Å². The molecule has 2 aliphatic heterocycles. The second-order valence-electron chi connectivity index (χ2n) is 18.9. The van der Waals surface area contributed by atoms with Crippen molar-refractivity contribution < 1.29 is 67.0 Å². The molecule has 0 radical (unpaired) electrons. The molecule has 16 N–H and O–H groups in total. The second kappa shape index (κ2) is 36.0. The Morgan fingerprint density at radius 3 is 2.01 bits per heavy atom. The van der Waals surface area contributed by atoms with Gasteiger partial charge in [-0.25, -0.2) is 9.07 Å². The lowest BCUT2D eigenvalue weighted by Gasteiger charge is -2.27. The first-order valence-electron chi connectivity index (χ1n) is 26.5. The van der Waals surface area contributed by atoms with E-state index in [-0.39, 0.29) is 100 Å². The number of unbranched alkanes of at least 4 members (excludes halogenated alkanes) is 1. The molecule has 3 heterocycles. The standard InChI is InChI=1S/C49H72FN17O13S3/c1-3-53-43(75)35-23-81-26-39(70)58-31(12-7-8-15-54-42(74)33(57-27(2)68)19-29-22-67(17-14-50)66-65-29)44(76)63-36-24-82-83-25-37(48(80)61-32(45(77)62-35)18-28-10-5-4-6-11-28)64-46(78)34(20-40(71)72)59-38(69)21-56-41(73)30(60-47(36)79)13-9-16-55-49(51)52/h4-6,10-11,22,30-37H,3,7-9,12-21,23-26H2,1-2H3,(H,53,75)(H,54,74)(H,56,73)(H,57,68)(H,58,70)(H,59,69)(H,60,79)(H,61,80)(H,62,77)(H,63,76)(H,64,78)(H,71,72)(H4,51,52,55)/t30-,31-,32-,33?,34-,35-,36-,37-/m0/s1/i50-1. The lowest BCUT2D eigenvalue weighted by molar-refractivity contribution is -0.141. The number of fused-ring (bicyclic) bond motifs is 5. The molecule has 8 atom stereocenters. The topological polar surface area (TPSA) is 450 Å². The summed E-state index contributed by atoms with van der Waals surface area (Å²) in [5, 5.41) is 55.8. The minimum Gasteiger partial charge on any atom is -0.481 e. The predicted molar refractivity (Wildman–Crippen MR) is 303 cm³/mol. The van der Waals surface area contributed by atoms with E-state index in [0.717, 1.165) is 33.3 Å². The lowest BCUT2D eigenvalue weighted by atomic mass is 10.0. The average molecular weight is 1220 g/mol. The fourth-order valence-corrected chi connectivity index (χ4v) is 11.3. The van der Waals surface area contributed by atoms with E-state index in [1.807, 2.05) is 0 Å². The van der Waals surface area contributed by atoms with Crippen LogP contribution in [0.2, 0.25) is 0 Å². The summed E-state index contributed by atoms with van der Waals surface area (Å²) < 4.78 is 14.1. The molecule has 30 nitrogen and oxygen atoms in total. The summed E-state index contributed by atoms with van der Waals surface area (Å²) in [6, 6.07) is -2.98. The third-order valence-electron chi connectivity index (χ3n) is 12.2. The van der Waals surface area contributed by atoms with Crippen LogP contribution in [-0.2, 0) is 76.9 Å². The fraction of sp³-hybridized carbons (Fsp3) is 0.571. The number of alkyl halides is 1. The number of nitrogens with zero attached hydrogens (tertiary/aromatic N) is 3. The van der Waals surface area contributed by atoms with Crippen LogP contribution >= 0.6 is 33.3 Å². The van der Waals surface area contributed by atoms with Gasteiger partial charge < -0.3 is 74.6 Å². The number of likely N-dealkylation sites (N-methyl/N-ethyl adjacent to an activating group) is 1. The maximum atomic E-state index is 14.5. The number of amides is 11. The van der Waals surface area contributed by atoms with Crippen molar-refractivity contribution >= 4 is 110 Å². The number of guanidine groups is 1. The summed E-state index contributed by atoms with van der Waals surface area (Å²) in [5.74, 6) is -12.2. The Bertz CT molecular complexity index is 2610. The molecule has 2 bridgehead atoms. The number of hydrogen-bond acceptors (Lipinski definition) is 18. The Labute approximate surface area is 489 Å².